The fourth-order valence-electron chi connectivity index (χ4n) is 3.55. The number of amides is 2. The summed E-state index contributed by atoms with van der Waals surface area (Å²) in [5, 5.41) is 1.95. The molecule has 2 amide bonds. The molecular formula is C21H19F4N3O2. The van der Waals surface area contributed by atoms with Gasteiger partial charge in [-0.1, -0.05) is 0 Å². The highest BCUT2D eigenvalue weighted by Crippen LogP contribution is 2.37. The molecule has 30 heavy (non-hydrogen) atoms. The standard InChI is InChI=1S/C21H19F4N3O2/c22-14-7-5-12(6-8-14)19(29)27-18(21(23,24)25)16-9-10-17-15(26-16)2-1-11-28(17)20(30)13-3-4-13/h5-10,13,18H,1-4,11H2,(H,27,29). The highest BCUT2D eigenvalue weighted by Gasteiger charge is 2.44. The minimum Gasteiger partial charge on any atom is -0.335 e. The Morgan fingerprint density at radius 3 is 2.43 bits per heavy atom. The number of alkyl halides is 3. The van der Waals surface area contributed by atoms with Crippen LogP contribution in [0, 0.1) is 11.7 Å². The monoisotopic (exact) mass is 421 g/mol. The zero-order valence-electron chi connectivity index (χ0n) is 15.9. The number of carbonyl (C=O) groups excluding carboxylic acids is 2. The molecule has 1 N–H and O–H groups in total. The highest BCUT2D eigenvalue weighted by molar-refractivity contribution is 5.97. The van der Waals surface area contributed by atoms with Gasteiger partial charge >= 0.3 is 6.18 Å². The molecule has 1 aliphatic heterocycles. The number of aromatic nitrogens is 1. The van der Waals surface area contributed by atoms with E-state index in [4.69, 9.17) is 0 Å². The summed E-state index contributed by atoms with van der Waals surface area (Å²) in [7, 11) is 0. The number of hydrogen-bond acceptors (Lipinski definition) is 3. The Morgan fingerprint density at radius 1 is 1.10 bits per heavy atom. The zero-order valence-corrected chi connectivity index (χ0v) is 15.9. The van der Waals surface area contributed by atoms with Gasteiger partial charge in [0, 0.05) is 18.0 Å². The van der Waals surface area contributed by atoms with Gasteiger partial charge in [0.2, 0.25) is 5.91 Å². The lowest BCUT2D eigenvalue weighted by atomic mass is 10.0. The van der Waals surface area contributed by atoms with E-state index in [0.29, 0.717) is 30.8 Å². The number of carbonyl (C=O) groups is 2. The smallest absolute Gasteiger partial charge is 0.335 e. The second-order valence-corrected chi connectivity index (χ2v) is 7.52. The summed E-state index contributed by atoms with van der Waals surface area (Å²) >= 11 is 0. The van der Waals surface area contributed by atoms with Crippen molar-refractivity contribution in [3.8, 4) is 0 Å². The second kappa shape index (κ2) is 7.70. The van der Waals surface area contributed by atoms with Crippen molar-refractivity contribution in [2.75, 3.05) is 11.4 Å². The van der Waals surface area contributed by atoms with Gasteiger partial charge in [0.25, 0.3) is 5.91 Å². The molecule has 0 spiro atoms. The Balaban J connectivity index is 1.61. The number of rotatable bonds is 4. The predicted molar refractivity (Wildman–Crippen MR) is 100 cm³/mol. The Bertz CT molecular complexity index is 971. The molecule has 1 atom stereocenters. The van der Waals surface area contributed by atoms with E-state index in [1.54, 1.807) is 4.90 Å². The summed E-state index contributed by atoms with van der Waals surface area (Å²) in [6.45, 7) is 0.521. The number of nitrogens with zero attached hydrogens (tertiary/aromatic N) is 2. The van der Waals surface area contributed by atoms with Crippen LogP contribution in [0.4, 0.5) is 23.2 Å². The molecule has 2 heterocycles. The number of benzene rings is 1. The number of fused-ring (bicyclic) bond motifs is 1. The van der Waals surface area contributed by atoms with Gasteiger partial charge in [-0.15, -0.1) is 0 Å². The van der Waals surface area contributed by atoms with Gasteiger partial charge in [-0.3, -0.25) is 14.6 Å². The maximum atomic E-state index is 13.7. The third-order valence-electron chi connectivity index (χ3n) is 5.26. The van der Waals surface area contributed by atoms with Gasteiger partial charge in [-0.05, 0) is 62.1 Å². The van der Waals surface area contributed by atoms with Crippen LogP contribution in [0.3, 0.4) is 0 Å². The summed E-state index contributed by atoms with van der Waals surface area (Å²) < 4.78 is 54.2. The first-order valence-corrected chi connectivity index (χ1v) is 9.68. The molecule has 0 saturated heterocycles. The van der Waals surface area contributed by atoms with Crippen LogP contribution in [-0.4, -0.2) is 29.5 Å². The lowest BCUT2D eigenvalue weighted by Gasteiger charge is -2.30. The van der Waals surface area contributed by atoms with E-state index >= 15 is 0 Å². The third kappa shape index (κ3) is 4.15. The summed E-state index contributed by atoms with van der Waals surface area (Å²) in [4.78, 5) is 30.5. The molecule has 1 aromatic heterocycles. The number of pyridine rings is 1. The van der Waals surface area contributed by atoms with Crippen LogP contribution < -0.4 is 10.2 Å². The minimum absolute atomic E-state index is 0.00597. The van der Waals surface area contributed by atoms with Crippen LogP contribution in [0.25, 0.3) is 0 Å². The van der Waals surface area contributed by atoms with Crippen molar-refractivity contribution in [2.45, 2.75) is 37.9 Å². The van der Waals surface area contributed by atoms with Gasteiger partial charge < -0.3 is 10.2 Å². The van der Waals surface area contributed by atoms with Gasteiger partial charge in [0.15, 0.2) is 6.04 Å². The van der Waals surface area contributed by atoms with Crippen LogP contribution in [-0.2, 0) is 11.2 Å². The molecule has 1 aromatic carbocycles. The first-order chi connectivity index (χ1) is 14.2. The molecule has 1 fully saturated rings. The average molecular weight is 421 g/mol. The van der Waals surface area contributed by atoms with E-state index in [9.17, 15) is 27.2 Å². The maximum absolute atomic E-state index is 13.7. The first-order valence-electron chi connectivity index (χ1n) is 9.68. The Morgan fingerprint density at radius 2 is 1.80 bits per heavy atom. The largest absolute Gasteiger partial charge is 0.414 e. The van der Waals surface area contributed by atoms with Crippen LogP contribution in [0.1, 0.15) is 47.1 Å². The molecule has 158 valence electrons. The summed E-state index contributed by atoms with van der Waals surface area (Å²) in [6.07, 6.45) is -2.05. The van der Waals surface area contributed by atoms with E-state index in [-0.39, 0.29) is 23.1 Å². The Hall–Kier alpha value is -2.97. The molecule has 1 aliphatic carbocycles. The molecule has 9 heteroatoms. The summed E-state index contributed by atoms with van der Waals surface area (Å²) in [5.74, 6) is -1.60. The van der Waals surface area contributed by atoms with E-state index in [1.807, 2.05) is 5.32 Å². The molecule has 5 nitrogen and oxygen atoms in total. The van der Waals surface area contributed by atoms with Crippen LogP contribution >= 0.6 is 0 Å². The van der Waals surface area contributed by atoms with Gasteiger partial charge in [-0.25, -0.2) is 4.39 Å². The second-order valence-electron chi connectivity index (χ2n) is 7.52. The topological polar surface area (TPSA) is 62.3 Å². The van der Waals surface area contributed by atoms with Gasteiger partial charge in [0.05, 0.1) is 17.1 Å². The van der Waals surface area contributed by atoms with Gasteiger partial charge in [0.1, 0.15) is 5.82 Å². The number of halogens is 4. The molecule has 1 unspecified atom stereocenters. The summed E-state index contributed by atoms with van der Waals surface area (Å²) in [6, 6.07) is 4.56. The number of aryl methyl sites for hydroxylation is 1. The first kappa shape index (κ1) is 20.3. The molecule has 4 rings (SSSR count). The van der Waals surface area contributed by atoms with Crippen LogP contribution in [0.15, 0.2) is 36.4 Å². The fraction of sp³-hybridized carbons (Fsp3) is 0.381. The van der Waals surface area contributed by atoms with Crippen molar-refractivity contribution in [1.82, 2.24) is 10.3 Å². The van der Waals surface area contributed by atoms with Crippen LogP contribution in [0.2, 0.25) is 0 Å². The quantitative estimate of drug-likeness (QED) is 0.761. The molecular weight excluding hydrogens is 402 g/mol. The molecule has 0 bridgehead atoms. The Labute approximate surface area is 170 Å². The minimum atomic E-state index is -4.78. The van der Waals surface area contributed by atoms with E-state index < -0.39 is 23.9 Å². The van der Waals surface area contributed by atoms with Crippen molar-refractivity contribution < 1.29 is 27.2 Å². The van der Waals surface area contributed by atoms with Crippen molar-refractivity contribution in [3.05, 3.63) is 59.2 Å². The average Bonchev–Trinajstić information content (AvgIpc) is 3.55. The predicted octanol–water partition coefficient (Wildman–Crippen LogP) is 3.94. The Kier molecular flexibility index (Phi) is 5.21. The molecule has 1 saturated carbocycles. The van der Waals surface area contributed by atoms with Crippen molar-refractivity contribution >= 4 is 17.5 Å². The number of nitrogens with one attached hydrogen (secondary N) is 1. The lowest BCUT2D eigenvalue weighted by molar-refractivity contribution is -0.156. The van der Waals surface area contributed by atoms with E-state index in [0.717, 1.165) is 37.1 Å². The SMILES string of the molecule is O=C(NC(c1ccc2c(n1)CCCN2C(=O)C1CC1)C(F)(F)F)c1ccc(F)cc1. The maximum Gasteiger partial charge on any atom is 0.414 e. The zero-order chi connectivity index (χ0) is 21.5. The van der Waals surface area contributed by atoms with Gasteiger partial charge in [-0.2, -0.15) is 13.2 Å². The highest BCUT2D eigenvalue weighted by atomic mass is 19.4. The van der Waals surface area contributed by atoms with Crippen LogP contribution in [0.5, 0.6) is 0 Å². The molecule has 2 aromatic rings. The van der Waals surface area contributed by atoms with E-state index in [1.165, 1.54) is 12.1 Å². The molecule has 2 aliphatic rings. The molecule has 0 radical (unpaired) electrons. The van der Waals surface area contributed by atoms with Crippen molar-refractivity contribution in [2.24, 2.45) is 5.92 Å². The fourth-order valence-corrected chi connectivity index (χ4v) is 3.55. The van der Waals surface area contributed by atoms with Crippen molar-refractivity contribution in [1.29, 1.82) is 0 Å². The normalized spacial score (nSPS) is 17.3. The number of anilines is 1. The third-order valence-corrected chi connectivity index (χ3v) is 5.26. The number of hydrogen-bond donors (Lipinski definition) is 1. The van der Waals surface area contributed by atoms with Crippen molar-refractivity contribution in [3.63, 3.8) is 0 Å². The lowest BCUT2D eigenvalue weighted by Crippen LogP contribution is -2.40. The van der Waals surface area contributed by atoms with E-state index in [2.05, 4.69) is 4.98 Å². The summed E-state index contributed by atoms with van der Waals surface area (Å²) in [5.41, 5.74) is 0.507.